The second-order valence-corrected chi connectivity index (χ2v) is 5.75. The molecule has 1 saturated carbocycles. The second kappa shape index (κ2) is 5.18. The average Bonchev–Trinajstić information content (AvgIpc) is 3.20. The van der Waals surface area contributed by atoms with Crippen LogP contribution in [0.5, 0.6) is 0 Å². The molecule has 98 valence electrons. The summed E-state index contributed by atoms with van der Waals surface area (Å²) in [5.41, 5.74) is 7.49. The Labute approximate surface area is 116 Å². The minimum atomic E-state index is 0.140. The van der Waals surface area contributed by atoms with Crippen molar-refractivity contribution in [1.29, 1.82) is 0 Å². The van der Waals surface area contributed by atoms with E-state index >= 15 is 0 Å². The van der Waals surface area contributed by atoms with Crippen molar-refractivity contribution in [1.82, 2.24) is 0 Å². The van der Waals surface area contributed by atoms with E-state index in [1.165, 1.54) is 12.8 Å². The Hall–Kier alpha value is -1.23. The van der Waals surface area contributed by atoms with E-state index < -0.39 is 0 Å². The highest BCUT2D eigenvalue weighted by molar-refractivity contribution is 9.10. The molecule has 1 unspecified atom stereocenters. The fourth-order valence-electron chi connectivity index (χ4n) is 2.19. The molecule has 0 aliphatic heterocycles. The number of hydrogen-bond donors (Lipinski definition) is 2. The molecule has 2 rings (SSSR count). The van der Waals surface area contributed by atoms with Crippen molar-refractivity contribution in [3.8, 4) is 0 Å². The van der Waals surface area contributed by atoms with Crippen molar-refractivity contribution >= 4 is 27.5 Å². The van der Waals surface area contributed by atoms with Gasteiger partial charge in [0.25, 0.3) is 0 Å². The van der Waals surface area contributed by atoms with Crippen molar-refractivity contribution in [3.05, 3.63) is 28.2 Å². The summed E-state index contributed by atoms with van der Waals surface area (Å²) in [6, 6.07) is 6.31. The molecule has 0 heterocycles. The average molecular weight is 312 g/mol. The number of halogens is 1. The van der Waals surface area contributed by atoms with Gasteiger partial charge in [-0.2, -0.15) is 0 Å². The molecule has 0 spiro atoms. The van der Waals surface area contributed by atoms with Crippen LogP contribution in [0.4, 0.5) is 5.69 Å². The number of nitrogens with two attached hydrogens (primary N) is 1. The van der Waals surface area contributed by atoms with Crippen LogP contribution in [0.3, 0.4) is 0 Å². The second-order valence-electron chi connectivity index (χ2n) is 4.84. The Morgan fingerprint density at radius 2 is 2.22 bits per heavy atom. The van der Waals surface area contributed by atoms with Gasteiger partial charge in [-0.25, -0.2) is 0 Å². The molecule has 1 aromatic rings. The minimum absolute atomic E-state index is 0.140. The van der Waals surface area contributed by atoms with E-state index in [1.54, 1.807) is 0 Å². The van der Waals surface area contributed by atoms with Gasteiger partial charge >= 0.3 is 0 Å². The van der Waals surface area contributed by atoms with E-state index in [9.17, 15) is 0 Å². The normalized spacial score (nSPS) is 17.6. The topological polar surface area (TPSA) is 61.8 Å². The van der Waals surface area contributed by atoms with Gasteiger partial charge in [-0.3, -0.25) is 0 Å². The summed E-state index contributed by atoms with van der Waals surface area (Å²) in [5.74, 6) is 0.903. The first kappa shape index (κ1) is 13.2. The van der Waals surface area contributed by atoms with Crippen molar-refractivity contribution in [2.45, 2.75) is 25.8 Å². The largest absolute Gasteiger partial charge is 0.409 e. The van der Waals surface area contributed by atoms with Gasteiger partial charge in [-0.05, 0) is 43.9 Å². The van der Waals surface area contributed by atoms with Crippen LogP contribution in [-0.4, -0.2) is 24.1 Å². The number of nitrogens with zero attached hydrogens (tertiary/aromatic N) is 2. The standard InChI is InChI=1S/C13H18BrN3O/c1-8(9-3-4-9)17(2)12-6-5-10(14)7-11(12)13(15)16-18/h5-9,18H,3-4H2,1-2H3,(H2,15,16). The van der Waals surface area contributed by atoms with Gasteiger partial charge in [0, 0.05) is 28.8 Å². The van der Waals surface area contributed by atoms with E-state index in [0.717, 1.165) is 21.6 Å². The zero-order chi connectivity index (χ0) is 13.3. The Balaban J connectivity index is 2.36. The highest BCUT2D eigenvalue weighted by atomic mass is 79.9. The quantitative estimate of drug-likeness (QED) is 0.389. The molecule has 1 aliphatic rings. The third-order valence-electron chi connectivity index (χ3n) is 3.64. The molecule has 0 aromatic heterocycles. The van der Waals surface area contributed by atoms with Crippen molar-refractivity contribution in [3.63, 3.8) is 0 Å². The molecule has 1 aromatic carbocycles. The minimum Gasteiger partial charge on any atom is -0.409 e. The predicted octanol–water partition coefficient (Wildman–Crippen LogP) is 2.78. The number of anilines is 1. The van der Waals surface area contributed by atoms with Crippen molar-refractivity contribution < 1.29 is 5.21 Å². The first-order valence-corrected chi connectivity index (χ1v) is 6.84. The molecule has 0 saturated heterocycles. The zero-order valence-corrected chi connectivity index (χ0v) is 12.2. The molecular formula is C13H18BrN3O. The molecule has 1 aliphatic carbocycles. The van der Waals surface area contributed by atoms with Crippen LogP contribution in [-0.2, 0) is 0 Å². The number of benzene rings is 1. The van der Waals surface area contributed by atoms with Crippen molar-refractivity contribution in [2.24, 2.45) is 16.8 Å². The van der Waals surface area contributed by atoms with Crippen molar-refractivity contribution in [2.75, 3.05) is 11.9 Å². The van der Waals surface area contributed by atoms with Crippen LogP contribution in [0, 0.1) is 5.92 Å². The lowest BCUT2D eigenvalue weighted by atomic mass is 10.1. The molecule has 0 bridgehead atoms. The summed E-state index contributed by atoms with van der Waals surface area (Å²) in [5, 5.41) is 12.0. The number of amidine groups is 1. The summed E-state index contributed by atoms with van der Waals surface area (Å²) >= 11 is 3.41. The number of hydrogen-bond acceptors (Lipinski definition) is 3. The van der Waals surface area contributed by atoms with E-state index in [-0.39, 0.29) is 5.84 Å². The van der Waals surface area contributed by atoms with Gasteiger partial charge in [0.05, 0.1) is 0 Å². The predicted molar refractivity (Wildman–Crippen MR) is 77.2 cm³/mol. The first-order chi connectivity index (χ1) is 8.54. The summed E-state index contributed by atoms with van der Waals surface area (Å²) in [6.45, 7) is 2.22. The SMILES string of the molecule is CC(C1CC1)N(C)c1ccc(Br)cc1/C(N)=N/O. The summed E-state index contributed by atoms with van der Waals surface area (Å²) in [6.07, 6.45) is 2.59. The Morgan fingerprint density at radius 1 is 1.56 bits per heavy atom. The highest BCUT2D eigenvalue weighted by Crippen LogP contribution is 2.37. The van der Waals surface area contributed by atoms with Gasteiger partial charge in [0.15, 0.2) is 5.84 Å². The molecule has 0 radical (unpaired) electrons. The Bertz CT molecular complexity index is 471. The van der Waals surface area contributed by atoms with Gasteiger partial charge in [-0.1, -0.05) is 21.1 Å². The smallest absolute Gasteiger partial charge is 0.172 e. The van der Waals surface area contributed by atoms with E-state index in [1.807, 2.05) is 18.2 Å². The van der Waals surface area contributed by atoms with Gasteiger partial charge < -0.3 is 15.8 Å². The summed E-state index contributed by atoms with van der Waals surface area (Å²) in [4.78, 5) is 2.21. The maximum absolute atomic E-state index is 8.87. The highest BCUT2D eigenvalue weighted by Gasteiger charge is 2.31. The third kappa shape index (κ3) is 2.61. The summed E-state index contributed by atoms with van der Waals surface area (Å²) in [7, 11) is 2.06. The van der Waals surface area contributed by atoms with E-state index in [4.69, 9.17) is 10.9 Å². The van der Waals surface area contributed by atoms with Crippen LogP contribution >= 0.6 is 15.9 Å². The number of rotatable bonds is 4. The van der Waals surface area contributed by atoms with Crippen LogP contribution in [0.15, 0.2) is 27.8 Å². The maximum Gasteiger partial charge on any atom is 0.172 e. The van der Waals surface area contributed by atoms with E-state index in [0.29, 0.717) is 6.04 Å². The van der Waals surface area contributed by atoms with Crippen LogP contribution < -0.4 is 10.6 Å². The van der Waals surface area contributed by atoms with Crippen LogP contribution in [0.25, 0.3) is 0 Å². The monoisotopic (exact) mass is 311 g/mol. The maximum atomic E-state index is 8.87. The molecule has 1 fully saturated rings. The molecule has 1 atom stereocenters. The van der Waals surface area contributed by atoms with Crippen LogP contribution in [0.2, 0.25) is 0 Å². The molecule has 18 heavy (non-hydrogen) atoms. The number of oxime groups is 1. The fraction of sp³-hybridized carbons (Fsp3) is 0.462. The third-order valence-corrected chi connectivity index (χ3v) is 4.13. The lowest BCUT2D eigenvalue weighted by molar-refractivity contribution is 0.318. The van der Waals surface area contributed by atoms with Gasteiger partial charge in [0.2, 0.25) is 0 Å². The Kier molecular flexibility index (Phi) is 3.80. The molecule has 0 amide bonds. The molecule has 5 heteroatoms. The van der Waals surface area contributed by atoms with Crippen LogP contribution in [0.1, 0.15) is 25.3 Å². The summed E-state index contributed by atoms with van der Waals surface area (Å²) < 4.78 is 0.917. The van der Waals surface area contributed by atoms with Gasteiger partial charge in [-0.15, -0.1) is 0 Å². The Morgan fingerprint density at radius 3 is 2.78 bits per heavy atom. The first-order valence-electron chi connectivity index (χ1n) is 6.05. The molecular weight excluding hydrogens is 294 g/mol. The lowest BCUT2D eigenvalue weighted by Crippen LogP contribution is -2.32. The molecule has 3 N–H and O–H groups in total. The van der Waals surface area contributed by atoms with Gasteiger partial charge in [0.1, 0.15) is 0 Å². The zero-order valence-electron chi connectivity index (χ0n) is 10.6. The lowest BCUT2D eigenvalue weighted by Gasteiger charge is -2.29. The fourth-order valence-corrected chi connectivity index (χ4v) is 2.55. The molecule has 4 nitrogen and oxygen atoms in total. The van der Waals surface area contributed by atoms with E-state index in [2.05, 4.69) is 40.0 Å².